The van der Waals surface area contributed by atoms with Gasteiger partial charge in [-0.05, 0) is 29.8 Å². The van der Waals surface area contributed by atoms with Crippen LogP contribution in [0, 0.1) is 0 Å². The number of thioether (sulfide) groups is 2. The molecule has 4 rings (SSSR count). The van der Waals surface area contributed by atoms with E-state index >= 15 is 0 Å². The van der Waals surface area contributed by atoms with Gasteiger partial charge in [0.2, 0.25) is 0 Å². The largest absolute Gasteiger partial charge is 0.367 e. The third-order valence-electron chi connectivity index (χ3n) is 4.81. The number of nitrogens with zero attached hydrogens (tertiary/aromatic N) is 2. The van der Waals surface area contributed by atoms with E-state index < -0.39 is 0 Å². The fraction of sp³-hybridized carbons (Fsp3) is 0.350. The van der Waals surface area contributed by atoms with E-state index in [2.05, 4.69) is 17.0 Å². The molecule has 0 unspecified atom stereocenters. The first-order chi connectivity index (χ1) is 12.7. The summed E-state index contributed by atoms with van der Waals surface area (Å²) in [6.45, 7) is 3.06. The number of hydrogen-bond donors (Lipinski definition) is 0. The molecule has 0 aliphatic carbocycles. The number of para-hydroxylation sites is 1. The zero-order valence-corrected chi connectivity index (χ0v) is 16.8. The quantitative estimate of drug-likeness (QED) is 0.734. The third kappa shape index (κ3) is 3.85. The maximum atomic E-state index is 12.8. The van der Waals surface area contributed by atoms with Gasteiger partial charge in [0, 0.05) is 43.2 Å². The summed E-state index contributed by atoms with van der Waals surface area (Å²) >= 11 is 10.3. The average molecular weight is 405 g/mol. The van der Waals surface area contributed by atoms with Crippen LogP contribution in [0.4, 0.5) is 5.69 Å². The van der Waals surface area contributed by atoms with E-state index in [4.69, 9.17) is 11.6 Å². The molecule has 136 valence electrons. The highest BCUT2D eigenvalue weighted by atomic mass is 35.5. The molecule has 1 amide bonds. The first-order valence-electron chi connectivity index (χ1n) is 8.84. The van der Waals surface area contributed by atoms with Crippen LogP contribution < -0.4 is 4.90 Å². The lowest BCUT2D eigenvalue weighted by molar-refractivity contribution is 0.0747. The Labute approximate surface area is 168 Å². The highest BCUT2D eigenvalue weighted by Crippen LogP contribution is 2.45. The van der Waals surface area contributed by atoms with Gasteiger partial charge in [-0.1, -0.05) is 35.9 Å². The second kappa shape index (κ2) is 8.15. The second-order valence-corrected chi connectivity index (χ2v) is 9.56. The predicted molar refractivity (Wildman–Crippen MR) is 114 cm³/mol. The first-order valence-corrected chi connectivity index (χ1v) is 11.3. The number of amides is 1. The third-order valence-corrected chi connectivity index (χ3v) is 8.24. The van der Waals surface area contributed by atoms with Crippen molar-refractivity contribution in [2.24, 2.45) is 0 Å². The van der Waals surface area contributed by atoms with Crippen molar-refractivity contribution in [2.75, 3.05) is 42.6 Å². The number of piperazine rings is 1. The molecule has 2 heterocycles. The van der Waals surface area contributed by atoms with Crippen LogP contribution in [0.2, 0.25) is 5.02 Å². The molecule has 2 fully saturated rings. The van der Waals surface area contributed by atoms with E-state index in [9.17, 15) is 4.79 Å². The number of carbonyl (C=O) groups excluding carboxylic acids is 1. The molecular weight excluding hydrogens is 384 g/mol. The van der Waals surface area contributed by atoms with Crippen molar-refractivity contribution in [3.63, 3.8) is 0 Å². The van der Waals surface area contributed by atoms with Crippen LogP contribution in [0.15, 0.2) is 48.5 Å². The maximum Gasteiger partial charge on any atom is 0.253 e. The van der Waals surface area contributed by atoms with Crippen molar-refractivity contribution in [3.05, 3.63) is 64.7 Å². The Kier molecular flexibility index (Phi) is 5.67. The summed E-state index contributed by atoms with van der Waals surface area (Å²) < 4.78 is 0.526. The van der Waals surface area contributed by atoms with Crippen molar-refractivity contribution < 1.29 is 4.79 Å². The summed E-state index contributed by atoms with van der Waals surface area (Å²) in [6.07, 6.45) is 0. The Bertz CT molecular complexity index is 770. The van der Waals surface area contributed by atoms with Crippen molar-refractivity contribution >= 4 is 46.7 Å². The Hall–Kier alpha value is -1.30. The van der Waals surface area contributed by atoms with Crippen LogP contribution in [-0.4, -0.2) is 48.5 Å². The van der Waals surface area contributed by atoms with Gasteiger partial charge in [0.1, 0.15) is 0 Å². The summed E-state index contributed by atoms with van der Waals surface area (Å²) in [5.41, 5.74) is 3.16. The van der Waals surface area contributed by atoms with Gasteiger partial charge < -0.3 is 9.80 Å². The highest BCUT2D eigenvalue weighted by Gasteiger charge is 2.24. The molecular formula is C20H21ClN2OS2. The lowest BCUT2D eigenvalue weighted by Crippen LogP contribution is -2.48. The minimum absolute atomic E-state index is 0.127. The molecule has 0 N–H and O–H groups in total. The summed E-state index contributed by atoms with van der Waals surface area (Å²) in [5.74, 6) is 2.55. The highest BCUT2D eigenvalue weighted by molar-refractivity contribution is 8.19. The van der Waals surface area contributed by atoms with Crippen LogP contribution in [0.25, 0.3) is 0 Å². The smallest absolute Gasteiger partial charge is 0.253 e. The molecule has 3 nitrogen and oxygen atoms in total. The minimum Gasteiger partial charge on any atom is -0.367 e. The SMILES string of the molecule is O=C(c1ccc(C2SCCS2)cc1)N1CCN(c2ccccc2Cl)CC1. The molecule has 2 saturated heterocycles. The van der Waals surface area contributed by atoms with Crippen molar-refractivity contribution in [1.29, 1.82) is 0 Å². The molecule has 2 aromatic rings. The van der Waals surface area contributed by atoms with Crippen LogP contribution >= 0.6 is 35.1 Å². The van der Waals surface area contributed by atoms with E-state index in [0.717, 1.165) is 42.5 Å². The van der Waals surface area contributed by atoms with E-state index in [1.165, 1.54) is 17.1 Å². The predicted octanol–water partition coefficient (Wildman–Crippen LogP) is 4.78. The first kappa shape index (κ1) is 18.1. The molecule has 2 aliphatic heterocycles. The van der Waals surface area contributed by atoms with Gasteiger partial charge in [-0.15, -0.1) is 23.5 Å². The van der Waals surface area contributed by atoms with Gasteiger partial charge in [0.15, 0.2) is 0 Å². The number of carbonyl (C=O) groups is 1. The molecule has 2 aromatic carbocycles. The van der Waals surface area contributed by atoms with E-state index in [-0.39, 0.29) is 5.91 Å². The number of halogens is 1. The summed E-state index contributed by atoms with van der Waals surface area (Å²) in [7, 11) is 0. The zero-order chi connectivity index (χ0) is 17.9. The van der Waals surface area contributed by atoms with Gasteiger partial charge in [0.25, 0.3) is 5.91 Å². The molecule has 26 heavy (non-hydrogen) atoms. The molecule has 0 atom stereocenters. The number of hydrogen-bond acceptors (Lipinski definition) is 4. The Morgan fingerprint density at radius 1 is 0.923 bits per heavy atom. The van der Waals surface area contributed by atoms with Crippen molar-refractivity contribution in [1.82, 2.24) is 4.90 Å². The normalized spacial score (nSPS) is 18.3. The van der Waals surface area contributed by atoms with Crippen molar-refractivity contribution in [3.8, 4) is 0 Å². The standard InChI is InChI=1S/C20H21ClN2OS2/c21-17-3-1-2-4-18(17)22-9-11-23(12-10-22)19(24)15-5-7-16(8-6-15)20-25-13-14-26-20/h1-8,20H,9-14H2. The summed E-state index contributed by atoms with van der Waals surface area (Å²) in [6, 6.07) is 16.1. The second-order valence-electron chi connectivity index (χ2n) is 6.43. The fourth-order valence-corrected chi connectivity index (χ4v) is 6.49. The van der Waals surface area contributed by atoms with Gasteiger partial charge in [-0.25, -0.2) is 0 Å². The van der Waals surface area contributed by atoms with Gasteiger partial charge in [-0.3, -0.25) is 4.79 Å². The molecule has 0 aromatic heterocycles. The maximum absolute atomic E-state index is 12.8. The Morgan fingerprint density at radius 2 is 1.58 bits per heavy atom. The zero-order valence-electron chi connectivity index (χ0n) is 14.4. The lowest BCUT2D eigenvalue weighted by atomic mass is 10.1. The van der Waals surface area contributed by atoms with E-state index in [1.807, 2.05) is 64.8 Å². The van der Waals surface area contributed by atoms with Gasteiger partial charge in [0.05, 0.1) is 15.3 Å². The van der Waals surface area contributed by atoms with E-state index in [1.54, 1.807) is 0 Å². The molecule has 2 aliphatic rings. The fourth-order valence-electron chi connectivity index (χ4n) is 3.37. The molecule has 0 spiro atoms. The molecule has 0 bridgehead atoms. The van der Waals surface area contributed by atoms with Crippen LogP contribution in [0.5, 0.6) is 0 Å². The van der Waals surface area contributed by atoms with Crippen LogP contribution in [0.3, 0.4) is 0 Å². The number of rotatable bonds is 3. The topological polar surface area (TPSA) is 23.6 Å². The summed E-state index contributed by atoms with van der Waals surface area (Å²) in [5, 5.41) is 0.769. The molecule has 0 saturated carbocycles. The molecule has 6 heteroatoms. The Morgan fingerprint density at radius 3 is 2.23 bits per heavy atom. The molecule has 0 radical (unpaired) electrons. The van der Waals surface area contributed by atoms with E-state index in [0.29, 0.717) is 4.58 Å². The van der Waals surface area contributed by atoms with Crippen molar-refractivity contribution in [2.45, 2.75) is 4.58 Å². The minimum atomic E-state index is 0.127. The lowest BCUT2D eigenvalue weighted by Gasteiger charge is -2.36. The number of anilines is 1. The number of benzene rings is 2. The Balaban J connectivity index is 1.38. The monoisotopic (exact) mass is 404 g/mol. The van der Waals surface area contributed by atoms with Crippen LogP contribution in [0.1, 0.15) is 20.5 Å². The van der Waals surface area contributed by atoms with Crippen LogP contribution in [-0.2, 0) is 0 Å². The summed E-state index contributed by atoms with van der Waals surface area (Å²) in [4.78, 5) is 17.0. The van der Waals surface area contributed by atoms with Gasteiger partial charge >= 0.3 is 0 Å². The average Bonchev–Trinajstić information content (AvgIpc) is 3.23. The van der Waals surface area contributed by atoms with Gasteiger partial charge in [-0.2, -0.15) is 0 Å².